The molecular weight excluding hydrogens is 777 g/mol. The number of nitrogens with two attached hydrogens (primary N) is 2. The van der Waals surface area contributed by atoms with Crippen molar-refractivity contribution in [2.75, 3.05) is 23.8 Å². The van der Waals surface area contributed by atoms with Gasteiger partial charge in [-0.05, 0) is 75.8 Å². The molecule has 0 amide bonds. The van der Waals surface area contributed by atoms with Crippen LogP contribution in [0.15, 0.2) is 68.1 Å². The smallest absolute Gasteiger partial charge is 0.341 e. The number of allylic oxidation sites excluding steroid dienone is 1. The Kier molecular flexibility index (Phi) is 9.06. The van der Waals surface area contributed by atoms with E-state index in [9.17, 15) is 14.7 Å². The molecule has 10 rings (SSSR count). The molecule has 5 atom stereocenters. The molecule has 3 aromatic heterocycles. The summed E-state index contributed by atoms with van der Waals surface area (Å²) in [5.74, 6) is 1.88. The topological polar surface area (TPSA) is 192 Å². The van der Waals surface area contributed by atoms with Gasteiger partial charge in [-0.3, -0.25) is 9.79 Å². The van der Waals surface area contributed by atoms with Gasteiger partial charge < -0.3 is 40.1 Å². The molecule has 0 radical (unpaired) electrons. The van der Waals surface area contributed by atoms with Crippen molar-refractivity contribution in [1.82, 2.24) is 14.9 Å². The molecule has 2 fully saturated rings. The molecular formula is C43H44N6O7S2. The van der Waals surface area contributed by atoms with E-state index in [-0.39, 0.29) is 28.3 Å². The first-order valence-corrected chi connectivity index (χ1v) is 22.3. The maximum atomic E-state index is 14.4. The zero-order valence-electron chi connectivity index (χ0n) is 32.3. The number of phenols is 1. The van der Waals surface area contributed by atoms with Crippen LogP contribution in [0.5, 0.6) is 11.5 Å². The van der Waals surface area contributed by atoms with Crippen LogP contribution in [0.3, 0.4) is 0 Å². The number of aliphatic imine (C=N–C) groups is 1. The molecule has 5 N–H and O–H groups in total. The number of phenolic OH excluding ortho intramolecular Hbond substituents is 1. The van der Waals surface area contributed by atoms with Crippen molar-refractivity contribution in [3.05, 3.63) is 92.2 Å². The van der Waals surface area contributed by atoms with E-state index in [0.29, 0.717) is 78.9 Å². The van der Waals surface area contributed by atoms with E-state index in [1.54, 1.807) is 34.6 Å². The molecule has 1 spiro atoms. The van der Waals surface area contributed by atoms with Crippen LogP contribution >= 0.6 is 21.6 Å². The molecule has 13 nitrogen and oxygen atoms in total. The van der Waals surface area contributed by atoms with Crippen molar-refractivity contribution in [2.45, 2.75) is 100 Å². The molecule has 6 aliphatic rings. The number of benzene rings is 1. The van der Waals surface area contributed by atoms with Crippen LogP contribution in [0.1, 0.15) is 79.5 Å². The van der Waals surface area contributed by atoms with E-state index >= 15 is 0 Å². The second-order valence-corrected chi connectivity index (χ2v) is 19.0. The highest BCUT2D eigenvalue weighted by Crippen LogP contribution is 2.55. The Morgan fingerprint density at radius 3 is 2.79 bits per heavy atom. The van der Waals surface area contributed by atoms with Crippen LogP contribution in [0.25, 0.3) is 22.2 Å². The van der Waals surface area contributed by atoms with Crippen LogP contribution in [0, 0.1) is 6.92 Å². The molecule has 4 aromatic rings. The number of nitrogens with zero attached hydrogens (tertiary/aromatic N) is 4. The number of hydrogen-bond donors (Lipinski definition) is 3. The van der Waals surface area contributed by atoms with E-state index in [0.717, 1.165) is 53.2 Å². The summed E-state index contributed by atoms with van der Waals surface area (Å²) in [4.78, 5) is 43.9. The van der Waals surface area contributed by atoms with Crippen LogP contribution in [-0.4, -0.2) is 67.9 Å². The van der Waals surface area contributed by atoms with Gasteiger partial charge in [0.2, 0.25) is 0 Å². The van der Waals surface area contributed by atoms with E-state index < -0.39 is 29.2 Å². The van der Waals surface area contributed by atoms with E-state index in [1.807, 2.05) is 25.3 Å². The number of hydrogen-bond acceptors (Lipinski definition) is 15. The van der Waals surface area contributed by atoms with Gasteiger partial charge in [0.25, 0.3) is 0 Å². The number of esters is 1. The lowest BCUT2D eigenvalue weighted by atomic mass is 9.76. The fourth-order valence-corrected chi connectivity index (χ4v) is 11.8. The summed E-state index contributed by atoms with van der Waals surface area (Å²) in [5.41, 5.74) is 18.1. The fourth-order valence-electron chi connectivity index (χ4n) is 9.50. The van der Waals surface area contributed by atoms with Crippen LogP contribution < -0.4 is 21.6 Å². The lowest BCUT2D eigenvalue weighted by Crippen LogP contribution is -2.54. The number of pyridine rings is 2. The number of carbonyl (C=O) groups excluding carboxylic acids is 1. The molecule has 4 bridgehead atoms. The molecule has 2 saturated heterocycles. The van der Waals surface area contributed by atoms with Gasteiger partial charge in [-0.15, -0.1) is 0 Å². The summed E-state index contributed by atoms with van der Waals surface area (Å²) < 4.78 is 25.7. The van der Waals surface area contributed by atoms with Gasteiger partial charge in [-0.25, -0.2) is 14.8 Å². The first-order valence-electron chi connectivity index (χ1n) is 19.9. The van der Waals surface area contributed by atoms with Gasteiger partial charge in [0.15, 0.2) is 11.0 Å². The second-order valence-electron chi connectivity index (χ2n) is 16.4. The van der Waals surface area contributed by atoms with Crippen LogP contribution in [-0.2, 0) is 33.0 Å². The molecule has 58 heavy (non-hydrogen) atoms. The van der Waals surface area contributed by atoms with Crippen molar-refractivity contribution < 1.29 is 28.5 Å². The Morgan fingerprint density at radius 2 is 1.93 bits per heavy atom. The molecule has 300 valence electrons. The van der Waals surface area contributed by atoms with Gasteiger partial charge in [-0.2, -0.15) is 0 Å². The van der Waals surface area contributed by atoms with Crippen molar-refractivity contribution >= 4 is 56.4 Å². The highest BCUT2D eigenvalue weighted by molar-refractivity contribution is 8.76. The van der Waals surface area contributed by atoms with Gasteiger partial charge in [0.05, 0.1) is 29.7 Å². The quantitative estimate of drug-likeness (QED) is 0.108. The molecule has 0 aliphatic carbocycles. The zero-order chi connectivity index (χ0) is 39.9. The monoisotopic (exact) mass is 820 g/mol. The van der Waals surface area contributed by atoms with Crippen molar-refractivity contribution in [3.8, 4) is 22.8 Å². The Balaban J connectivity index is 1.01. The van der Waals surface area contributed by atoms with Crippen molar-refractivity contribution in [1.29, 1.82) is 0 Å². The first kappa shape index (κ1) is 37.3. The third-order valence-electron chi connectivity index (χ3n) is 12.4. The largest absolute Gasteiger partial charge is 0.507 e. The number of nitrogen functional groups attached to an aromatic ring is 2. The Morgan fingerprint density at radius 1 is 1.05 bits per heavy atom. The van der Waals surface area contributed by atoms with Crippen molar-refractivity contribution in [3.63, 3.8) is 0 Å². The van der Waals surface area contributed by atoms with Crippen LogP contribution in [0.2, 0.25) is 0 Å². The minimum absolute atomic E-state index is 0.0982. The van der Waals surface area contributed by atoms with E-state index in [2.05, 4.69) is 28.2 Å². The Hall–Kier alpha value is -4.99. The average Bonchev–Trinajstić information content (AvgIpc) is 3.45. The number of fused-ring (bicyclic) bond motifs is 9. The number of aromatic nitrogens is 2. The summed E-state index contributed by atoms with van der Waals surface area (Å²) in [6.07, 6.45) is 9.14. The summed E-state index contributed by atoms with van der Waals surface area (Å²) >= 11 is 0. The molecule has 9 heterocycles. The van der Waals surface area contributed by atoms with Gasteiger partial charge in [0.1, 0.15) is 51.6 Å². The number of rotatable bonds is 2. The number of aromatic hydroxyl groups is 1. The number of aryl methyl sites for hydroxylation is 2. The number of carbonyl (C=O) groups is 1. The summed E-state index contributed by atoms with van der Waals surface area (Å²) in [6.45, 7) is 4.99. The van der Waals surface area contributed by atoms with Gasteiger partial charge in [0, 0.05) is 77.2 Å². The summed E-state index contributed by atoms with van der Waals surface area (Å²) in [7, 11) is 3.32. The maximum Gasteiger partial charge on any atom is 0.341 e. The standard InChI is InChI=1S/C43H44N6O7S2/c1-22-13-31(50)37-32(53-22)17-33-36(38(37)51)26-5-3-4-9-43-34(56-43)7-6-23-14-29(48-35(44)15-23)27-16-25(19-49-18-24-8-11-46-30(24)20-49)47-40(45)28(27)21-58-57-12-10-42(2,55-33)39(26)54-41(43)52/h8,11,13-17,20,26,34,39,51H,3-7,9-10,12,18-19,21H2,1-2H3,(H2,44,48)(H2,45,47). The lowest BCUT2D eigenvalue weighted by molar-refractivity contribution is -0.172. The zero-order valence-corrected chi connectivity index (χ0v) is 33.9. The Labute approximate surface area is 342 Å². The predicted molar refractivity (Wildman–Crippen MR) is 225 cm³/mol. The maximum absolute atomic E-state index is 14.4. The third kappa shape index (κ3) is 6.42. The number of epoxide rings is 1. The molecule has 0 saturated carbocycles. The minimum atomic E-state index is -1.08. The number of ether oxygens (including phenoxy) is 3. The van der Waals surface area contributed by atoms with Crippen molar-refractivity contribution in [2.24, 2.45) is 4.99 Å². The minimum Gasteiger partial charge on any atom is -0.507 e. The summed E-state index contributed by atoms with van der Waals surface area (Å²) in [6, 6.07) is 9.09. The van der Waals surface area contributed by atoms with E-state index in [4.69, 9.17) is 40.1 Å². The second kappa shape index (κ2) is 14.1. The first-order chi connectivity index (χ1) is 28.0. The SMILES string of the molecule is Cc1cc(=O)c2c(O)c3c(cc2o1)OC1(C)CCSSCc2c(cc(CN4C=C5N=CC=C5C4)nc2N)-c2cc(cc(N)n2)CCC2OC24CCCCC3C1OC4=O. The normalized spacial score (nSPS) is 27.7. The lowest BCUT2D eigenvalue weighted by Gasteiger charge is -2.46. The predicted octanol–water partition coefficient (Wildman–Crippen LogP) is 6.87. The highest BCUT2D eigenvalue weighted by Gasteiger charge is 2.64. The Bertz CT molecular complexity index is 2560. The molecule has 15 heteroatoms. The third-order valence-corrected chi connectivity index (χ3v) is 14.7. The van der Waals surface area contributed by atoms with Gasteiger partial charge >= 0.3 is 5.97 Å². The fraction of sp³-hybridized carbons (Fsp3) is 0.419. The highest BCUT2D eigenvalue weighted by atomic mass is 33.1. The molecule has 6 aliphatic heterocycles. The number of anilines is 2. The van der Waals surface area contributed by atoms with Gasteiger partial charge in [-0.1, -0.05) is 28.0 Å². The van der Waals surface area contributed by atoms with E-state index in [1.165, 1.54) is 11.6 Å². The summed E-state index contributed by atoms with van der Waals surface area (Å²) in [5, 5.41) is 11.9. The van der Waals surface area contributed by atoms with Crippen LogP contribution in [0.4, 0.5) is 11.6 Å². The molecule has 5 unspecified atom stereocenters. The molecule has 1 aromatic carbocycles. The average molecular weight is 821 g/mol.